The van der Waals surface area contributed by atoms with Gasteiger partial charge in [-0.1, -0.05) is 18.2 Å². The number of aliphatic hydroxyl groups is 1. The van der Waals surface area contributed by atoms with Crippen LogP contribution in [0.1, 0.15) is 24.2 Å². The zero-order valence-electron chi connectivity index (χ0n) is 11.0. The van der Waals surface area contributed by atoms with Crippen molar-refractivity contribution in [3.05, 3.63) is 52.2 Å². The Labute approximate surface area is 117 Å². The van der Waals surface area contributed by atoms with Crippen molar-refractivity contribution in [3.63, 3.8) is 0 Å². The summed E-state index contributed by atoms with van der Waals surface area (Å²) in [4.78, 5) is 0. The first-order chi connectivity index (χ1) is 9.31. The lowest BCUT2D eigenvalue weighted by Gasteiger charge is -2.13. The van der Waals surface area contributed by atoms with E-state index in [1.807, 2.05) is 48.0 Å². The van der Waals surface area contributed by atoms with Gasteiger partial charge in [0, 0.05) is 18.7 Å². The predicted octanol–water partition coefficient (Wildman–Crippen LogP) is 2.97. The van der Waals surface area contributed by atoms with Crippen LogP contribution in [-0.2, 0) is 6.54 Å². The van der Waals surface area contributed by atoms with E-state index in [1.54, 1.807) is 11.3 Å². The number of hydrogen-bond acceptors (Lipinski definition) is 4. The Hall–Kier alpha value is -1.36. The first-order valence-corrected chi connectivity index (χ1v) is 7.37. The molecule has 0 bridgehead atoms. The van der Waals surface area contributed by atoms with Crippen LogP contribution >= 0.6 is 11.3 Å². The van der Waals surface area contributed by atoms with Crippen LogP contribution in [0, 0.1) is 0 Å². The molecule has 2 aromatic rings. The molecule has 102 valence electrons. The summed E-state index contributed by atoms with van der Waals surface area (Å²) >= 11 is 1.60. The lowest BCUT2D eigenvalue weighted by Crippen LogP contribution is -2.21. The largest absolute Gasteiger partial charge is 0.494 e. The minimum absolute atomic E-state index is 0.453. The summed E-state index contributed by atoms with van der Waals surface area (Å²) in [6.07, 6.45) is -0.453. The number of nitrogens with one attached hydrogen (secondary N) is 1. The summed E-state index contributed by atoms with van der Waals surface area (Å²) in [6, 6.07) is 9.92. The van der Waals surface area contributed by atoms with E-state index < -0.39 is 6.10 Å². The van der Waals surface area contributed by atoms with Gasteiger partial charge in [0.05, 0.1) is 12.7 Å². The predicted molar refractivity (Wildman–Crippen MR) is 78.6 cm³/mol. The Morgan fingerprint density at radius 1 is 1.32 bits per heavy atom. The average molecular weight is 277 g/mol. The van der Waals surface area contributed by atoms with Gasteiger partial charge in [0.25, 0.3) is 0 Å². The van der Waals surface area contributed by atoms with Gasteiger partial charge in [-0.25, -0.2) is 0 Å². The topological polar surface area (TPSA) is 41.5 Å². The second kappa shape index (κ2) is 7.28. The summed E-state index contributed by atoms with van der Waals surface area (Å²) in [5, 5.41) is 17.2. The third-order valence-corrected chi connectivity index (χ3v) is 3.56. The summed E-state index contributed by atoms with van der Waals surface area (Å²) in [5.74, 6) is 0.905. The Kier molecular flexibility index (Phi) is 5.39. The van der Waals surface area contributed by atoms with E-state index in [1.165, 1.54) is 0 Å². The smallest absolute Gasteiger partial charge is 0.123 e. The Bertz CT molecular complexity index is 485. The van der Waals surface area contributed by atoms with Crippen LogP contribution < -0.4 is 10.1 Å². The van der Waals surface area contributed by atoms with Crippen LogP contribution in [0.5, 0.6) is 5.75 Å². The van der Waals surface area contributed by atoms with Crippen LogP contribution in [0.3, 0.4) is 0 Å². The molecule has 0 amide bonds. The van der Waals surface area contributed by atoms with Gasteiger partial charge in [0.15, 0.2) is 0 Å². The average Bonchev–Trinajstić information content (AvgIpc) is 2.95. The molecular weight excluding hydrogens is 258 g/mol. The molecule has 1 unspecified atom stereocenters. The zero-order valence-corrected chi connectivity index (χ0v) is 11.8. The summed E-state index contributed by atoms with van der Waals surface area (Å²) in [6.45, 7) is 3.87. The molecule has 2 N–H and O–H groups in total. The number of benzene rings is 1. The molecule has 3 nitrogen and oxygen atoms in total. The monoisotopic (exact) mass is 277 g/mol. The van der Waals surface area contributed by atoms with Gasteiger partial charge >= 0.3 is 0 Å². The van der Waals surface area contributed by atoms with Gasteiger partial charge in [-0.3, -0.25) is 0 Å². The highest BCUT2D eigenvalue weighted by Gasteiger charge is 2.08. The zero-order chi connectivity index (χ0) is 13.5. The van der Waals surface area contributed by atoms with Gasteiger partial charge in [0.2, 0.25) is 0 Å². The summed E-state index contributed by atoms with van der Waals surface area (Å²) < 4.78 is 5.57. The van der Waals surface area contributed by atoms with Crippen molar-refractivity contribution in [2.75, 3.05) is 13.2 Å². The fourth-order valence-corrected chi connectivity index (χ4v) is 2.58. The van der Waals surface area contributed by atoms with Crippen molar-refractivity contribution >= 4 is 11.3 Å². The second-order valence-electron chi connectivity index (χ2n) is 4.24. The molecule has 0 aliphatic rings. The lowest BCUT2D eigenvalue weighted by atomic mass is 10.1. The second-order valence-corrected chi connectivity index (χ2v) is 5.02. The fraction of sp³-hybridized carbons (Fsp3) is 0.333. The van der Waals surface area contributed by atoms with Gasteiger partial charge in [-0.05, 0) is 35.4 Å². The summed E-state index contributed by atoms with van der Waals surface area (Å²) in [5.41, 5.74) is 2.08. The van der Waals surface area contributed by atoms with E-state index in [2.05, 4.69) is 5.32 Å². The van der Waals surface area contributed by atoms with Crippen molar-refractivity contribution in [2.45, 2.75) is 19.6 Å². The standard InChI is InChI=1S/C15H19NO2S/c1-2-18-15-6-4-3-5-12(15)9-16-10-14(17)13-7-8-19-11-13/h3-8,11,14,16-17H,2,9-10H2,1H3. The number of aliphatic hydroxyl groups excluding tert-OH is 1. The molecule has 1 aromatic heterocycles. The van der Waals surface area contributed by atoms with Crippen molar-refractivity contribution in [2.24, 2.45) is 0 Å². The maximum absolute atomic E-state index is 9.97. The molecule has 1 aromatic carbocycles. The molecule has 4 heteroatoms. The van der Waals surface area contributed by atoms with E-state index in [9.17, 15) is 5.11 Å². The van der Waals surface area contributed by atoms with E-state index >= 15 is 0 Å². The number of hydrogen-bond donors (Lipinski definition) is 2. The van der Waals surface area contributed by atoms with Crippen LogP contribution in [0.15, 0.2) is 41.1 Å². The third kappa shape index (κ3) is 4.06. The third-order valence-electron chi connectivity index (χ3n) is 2.85. The lowest BCUT2D eigenvalue weighted by molar-refractivity contribution is 0.174. The highest BCUT2D eigenvalue weighted by molar-refractivity contribution is 7.07. The number of ether oxygens (including phenoxy) is 1. The van der Waals surface area contributed by atoms with Crippen LogP contribution in [-0.4, -0.2) is 18.3 Å². The molecule has 0 saturated carbocycles. The molecule has 0 radical (unpaired) electrons. The molecule has 0 saturated heterocycles. The van der Waals surface area contributed by atoms with E-state index in [0.717, 1.165) is 16.9 Å². The fourth-order valence-electron chi connectivity index (χ4n) is 1.87. The molecule has 2 rings (SSSR count). The number of rotatable bonds is 7. The Balaban J connectivity index is 1.85. The Morgan fingerprint density at radius 3 is 2.89 bits per heavy atom. The number of thiophene rings is 1. The molecule has 19 heavy (non-hydrogen) atoms. The van der Waals surface area contributed by atoms with Crippen molar-refractivity contribution < 1.29 is 9.84 Å². The molecular formula is C15H19NO2S. The SMILES string of the molecule is CCOc1ccccc1CNCC(O)c1ccsc1. The van der Waals surface area contributed by atoms with Crippen molar-refractivity contribution in [1.29, 1.82) is 0 Å². The quantitative estimate of drug-likeness (QED) is 0.817. The maximum Gasteiger partial charge on any atom is 0.123 e. The van der Waals surface area contributed by atoms with Crippen LogP contribution in [0.2, 0.25) is 0 Å². The Morgan fingerprint density at radius 2 is 2.16 bits per heavy atom. The first-order valence-electron chi connectivity index (χ1n) is 6.43. The van der Waals surface area contributed by atoms with Crippen molar-refractivity contribution in [3.8, 4) is 5.75 Å². The minimum atomic E-state index is -0.453. The van der Waals surface area contributed by atoms with Crippen molar-refractivity contribution in [1.82, 2.24) is 5.32 Å². The molecule has 1 atom stereocenters. The normalized spacial score (nSPS) is 12.3. The van der Waals surface area contributed by atoms with Gasteiger partial charge in [0.1, 0.15) is 5.75 Å². The highest BCUT2D eigenvalue weighted by Crippen LogP contribution is 2.18. The van der Waals surface area contributed by atoms with Crippen LogP contribution in [0.25, 0.3) is 0 Å². The molecule has 0 spiro atoms. The maximum atomic E-state index is 9.97. The molecule has 0 aliphatic heterocycles. The molecule has 0 fully saturated rings. The molecule has 0 aliphatic carbocycles. The van der Waals surface area contributed by atoms with Gasteiger partial charge in [-0.2, -0.15) is 11.3 Å². The number of para-hydroxylation sites is 1. The first kappa shape index (κ1) is 14.1. The summed E-state index contributed by atoms with van der Waals surface area (Å²) in [7, 11) is 0. The van der Waals surface area contributed by atoms with E-state index in [4.69, 9.17) is 4.74 Å². The van der Waals surface area contributed by atoms with Crippen LogP contribution in [0.4, 0.5) is 0 Å². The van der Waals surface area contributed by atoms with E-state index in [-0.39, 0.29) is 0 Å². The minimum Gasteiger partial charge on any atom is -0.494 e. The van der Waals surface area contributed by atoms with E-state index in [0.29, 0.717) is 19.7 Å². The van der Waals surface area contributed by atoms with Gasteiger partial charge in [-0.15, -0.1) is 0 Å². The van der Waals surface area contributed by atoms with Gasteiger partial charge < -0.3 is 15.2 Å². The highest BCUT2D eigenvalue weighted by atomic mass is 32.1. The molecule has 1 heterocycles.